The Morgan fingerprint density at radius 1 is 1.26 bits per heavy atom. The number of carbonyl (C=O) groups is 2. The van der Waals surface area contributed by atoms with E-state index >= 15 is 0 Å². The molecule has 2 unspecified atom stereocenters. The molecule has 0 radical (unpaired) electrons. The molecular weight excluding hydrogens is 292 g/mol. The third-order valence-electron chi connectivity index (χ3n) is 4.47. The first-order valence-corrected chi connectivity index (χ1v) is 8.12. The lowest BCUT2D eigenvalue weighted by Crippen LogP contribution is -2.47. The summed E-state index contributed by atoms with van der Waals surface area (Å²) in [5.41, 5.74) is 1.84. The van der Waals surface area contributed by atoms with Crippen molar-refractivity contribution in [2.75, 3.05) is 11.9 Å². The Hall–Kier alpha value is -1.88. The lowest BCUT2D eigenvalue weighted by molar-refractivity contribution is -0.137. The number of benzene rings is 1. The Labute approximate surface area is 138 Å². The second kappa shape index (κ2) is 8.11. The molecule has 0 saturated carbocycles. The Balaban J connectivity index is 2.63. The molecule has 0 spiro atoms. The van der Waals surface area contributed by atoms with Crippen LogP contribution in [0.2, 0.25) is 0 Å². The number of hydrogen-bond acceptors (Lipinski definition) is 3. The van der Waals surface area contributed by atoms with Crippen molar-refractivity contribution in [1.82, 2.24) is 5.32 Å². The summed E-state index contributed by atoms with van der Waals surface area (Å²) in [7, 11) is 0. The Kier molecular flexibility index (Phi) is 6.76. The van der Waals surface area contributed by atoms with Crippen molar-refractivity contribution in [2.45, 2.75) is 53.1 Å². The van der Waals surface area contributed by atoms with Gasteiger partial charge in [0, 0.05) is 12.2 Å². The van der Waals surface area contributed by atoms with Crippen molar-refractivity contribution in [2.24, 2.45) is 5.92 Å². The first-order chi connectivity index (χ1) is 10.7. The zero-order chi connectivity index (χ0) is 17.6. The Morgan fingerprint density at radius 2 is 1.91 bits per heavy atom. The highest BCUT2D eigenvalue weighted by Gasteiger charge is 2.28. The average Bonchev–Trinajstić information content (AvgIpc) is 2.53. The van der Waals surface area contributed by atoms with Gasteiger partial charge in [0.2, 0.25) is 0 Å². The molecule has 5 nitrogen and oxygen atoms in total. The van der Waals surface area contributed by atoms with Crippen molar-refractivity contribution in [3.8, 4) is 0 Å². The summed E-state index contributed by atoms with van der Waals surface area (Å²) in [5.74, 6) is -1.45. The number of carbonyl (C=O) groups excluding carboxylic acids is 2. The topological polar surface area (TPSA) is 78.4 Å². The van der Waals surface area contributed by atoms with E-state index in [0.717, 1.165) is 24.0 Å². The molecule has 0 heterocycles. The number of hydrogen-bond donors (Lipinski definition) is 3. The second-order valence-corrected chi connectivity index (χ2v) is 6.30. The Bertz CT molecular complexity index is 567. The van der Waals surface area contributed by atoms with E-state index in [-0.39, 0.29) is 12.5 Å². The summed E-state index contributed by atoms with van der Waals surface area (Å²) in [4.78, 5) is 23.8. The number of amides is 2. The average molecular weight is 320 g/mol. The van der Waals surface area contributed by atoms with Gasteiger partial charge >= 0.3 is 11.8 Å². The molecule has 0 aliphatic heterocycles. The van der Waals surface area contributed by atoms with E-state index in [2.05, 4.69) is 10.6 Å². The van der Waals surface area contributed by atoms with Gasteiger partial charge in [0.1, 0.15) is 0 Å². The number of aliphatic hydroxyl groups is 1. The van der Waals surface area contributed by atoms with Crippen LogP contribution >= 0.6 is 0 Å². The molecule has 0 aliphatic rings. The maximum Gasteiger partial charge on any atom is 0.313 e. The van der Waals surface area contributed by atoms with Crippen LogP contribution in [0.1, 0.15) is 45.2 Å². The van der Waals surface area contributed by atoms with E-state index in [1.807, 2.05) is 39.8 Å². The highest BCUT2D eigenvalue weighted by molar-refractivity contribution is 6.39. The molecule has 0 bridgehead atoms. The zero-order valence-corrected chi connectivity index (χ0v) is 14.7. The number of aryl methyl sites for hydroxylation is 2. The van der Waals surface area contributed by atoms with Gasteiger partial charge in [-0.2, -0.15) is 0 Å². The highest BCUT2D eigenvalue weighted by atomic mass is 16.3. The molecule has 0 saturated heterocycles. The summed E-state index contributed by atoms with van der Waals surface area (Å²) >= 11 is 0. The minimum absolute atomic E-state index is 0.0232. The van der Waals surface area contributed by atoms with Crippen molar-refractivity contribution >= 4 is 17.5 Å². The fourth-order valence-corrected chi connectivity index (χ4v) is 2.27. The van der Waals surface area contributed by atoms with Crippen LogP contribution in [0.4, 0.5) is 5.69 Å². The molecule has 5 heteroatoms. The molecule has 1 rings (SSSR count). The molecule has 1 aromatic rings. The van der Waals surface area contributed by atoms with Crippen molar-refractivity contribution in [3.63, 3.8) is 0 Å². The SMILES string of the molecule is CCc1cc(NC(=O)C(=O)NCC(C)(O)C(C)CC)ccc1C. The standard InChI is InChI=1S/C18H28N2O3/c1-6-13(4)18(5,23)11-19-16(21)17(22)20-15-9-8-12(3)14(7-2)10-15/h8-10,13,23H,6-7,11H2,1-5H3,(H,19,21)(H,20,22). The number of anilines is 1. The van der Waals surface area contributed by atoms with Gasteiger partial charge in [-0.05, 0) is 49.4 Å². The first kappa shape index (κ1) is 19.2. The van der Waals surface area contributed by atoms with Crippen molar-refractivity contribution < 1.29 is 14.7 Å². The van der Waals surface area contributed by atoms with E-state index in [1.165, 1.54) is 0 Å². The molecule has 2 atom stereocenters. The molecule has 0 fully saturated rings. The van der Waals surface area contributed by atoms with Gasteiger partial charge in [0.25, 0.3) is 0 Å². The number of nitrogens with one attached hydrogen (secondary N) is 2. The van der Waals surface area contributed by atoms with E-state index in [4.69, 9.17) is 0 Å². The molecule has 0 aliphatic carbocycles. The summed E-state index contributed by atoms with van der Waals surface area (Å²) in [6.45, 7) is 9.63. The lowest BCUT2D eigenvalue weighted by atomic mass is 9.89. The summed E-state index contributed by atoms with van der Waals surface area (Å²) in [5, 5.41) is 15.3. The van der Waals surface area contributed by atoms with Crippen LogP contribution in [0.3, 0.4) is 0 Å². The smallest absolute Gasteiger partial charge is 0.313 e. The molecule has 3 N–H and O–H groups in total. The largest absolute Gasteiger partial charge is 0.388 e. The van der Waals surface area contributed by atoms with Crippen LogP contribution in [0.15, 0.2) is 18.2 Å². The van der Waals surface area contributed by atoms with E-state index in [9.17, 15) is 14.7 Å². The second-order valence-electron chi connectivity index (χ2n) is 6.30. The maximum absolute atomic E-state index is 11.9. The summed E-state index contributed by atoms with van der Waals surface area (Å²) in [6, 6.07) is 5.56. The molecule has 1 aromatic carbocycles. The van der Waals surface area contributed by atoms with Crippen LogP contribution in [-0.4, -0.2) is 29.1 Å². The molecular formula is C18H28N2O3. The quantitative estimate of drug-likeness (QED) is 0.704. The Morgan fingerprint density at radius 3 is 2.48 bits per heavy atom. The normalized spacial score (nSPS) is 14.7. The van der Waals surface area contributed by atoms with Gasteiger partial charge in [0.15, 0.2) is 0 Å². The van der Waals surface area contributed by atoms with Crippen LogP contribution in [-0.2, 0) is 16.0 Å². The molecule has 23 heavy (non-hydrogen) atoms. The summed E-state index contributed by atoms with van der Waals surface area (Å²) in [6.07, 6.45) is 1.65. The van der Waals surface area contributed by atoms with E-state index < -0.39 is 17.4 Å². The minimum Gasteiger partial charge on any atom is -0.388 e. The maximum atomic E-state index is 11.9. The lowest BCUT2D eigenvalue weighted by Gasteiger charge is -2.29. The number of rotatable bonds is 6. The molecule has 0 aromatic heterocycles. The predicted molar refractivity (Wildman–Crippen MR) is 92.3 cm³/mol. The monoisotopic (exact) mass is 320 g/mol. The van der Waals surface area contributed by atoms with Crippen LogP contribution in [0, 0.1) is 12.8 Å². The van der Waals surface area contributed by atoms with Crippen LogP contribution < -0.4 is 10.6 Å². The van der Waals surface area contributed by atoms with Gasteiger partial charge < -0.3 is 15.7 Å². The van der Waals surface area contributed by atoms with Gasteiger partial charge in [-0.15, -0.1) is 0 Å². The highest BCUT2D eigenvalue weighted by Crippen LogP contribution is 2.19. The van der Waals surface area contributed by atoms with E-state index in [1.54, 1.807) is 13.0 Å². The van der Waals surface area contributed by atoms with Gasteiger partial charge in [-0.25, -0.2) is 0 Å². The van der Waals surface area contributed by atoms with Crippen molar-refractivity contribution in [3.05, 3.63) is 29.3 Å². The van der Waals surface area contributed by atoms with Crippen molar-refractivity contribution in [1.29, 1.82) is 0 Å². The summed E-state index contributed by atoms with van der Waals surface area (Å²) < 4.78 is 0. The fourth-order valence-electron chi connectivity index (χ4n) is 2.27. The molecule has 2 amide bonds. The van der Waals surface area contributed by atoms with Gasteiger partial charge in [-0.1, -0.05) is 33.3 Å². The van der Waals surface area contributed by atoms with Crippen LogP contribution in [0.25, 0.3) is 0 Å². The zero-order valence-electron chi connectivity index (χ0n) is 14.7. The van der Waals surface area contributed by atoms with Crippen LogP contribution in [0.5, 0.6) is 0 Å². The molecule has 128 valence electrons. The van der Waals surface area contributed by atoms with Gasteiger partial charge in [0.05, 0.1) is 5.60 Å². The van der Waals surface area contributed by atoms with E-state index in [0.29, 0.717) is 5.69 Å². The van der Waals surface area contributed by atoms with Gasteiger partial charge in [-0.3, -0.25) is 9.59 Å². The third-order valence-corrected chi connectivity index (χ3v) is 4.47. The predicted octanol–water partition coefficient (Wildman–Crippen LogP) is 2.41. The first-order valence-electron chi connectivity index (χ1n) is 8.12. The minimum atomic E-state index is -1.04. The third kappa shape index (κ3) is 5.36. The fraction of sp³-hybridized carbons (Fsp3) is 0.556.